The predicted molar refractivity (Wildman–Crippen MR) is 93.0 cm³/mol. The molecule has 1 N–H and O–H groups in total. The SMILES string of the molecule is Cc1ccc(-c2nccn3cc(C(=O)NCc4ccco4)nc23)cc1. The number of imidazole rings is 1. The van der Waals surface area contributed by atoms with Gasteiger partial charge in [-0.3, -0.25) is 9.78 Å². The van der Waals surface area contributed by atoms with E-state index in [9.17, 15) is 4.79 Å². The van der Waals surface area contributed by atoms with Crippen LogP contribution in [0.1, 0.15) is 21.8 Å². The first-order valence-electron chi connectivity index (χ1n) is 7.92. The molecule has 0 unspecified atom stereocenters. The quantitative estimate of drug-likeness (QED) is 0.623. The van der Waals surface area contributed by atoms with E-state index in [2.05, 4.69) is 15.3 Å². The second kappa shape index (κ2) is 6.24. The second-order valence-electron chi connectivity index (χ2n) is 5.76. The third-order valence-electron chi connectivity index (χ3n) is 3.94. The average Bonchev–Trinajstić information content (AvgIpc) is 3.29. The minimum atomic E-state index is -0.255. The van der Waals surface area contributed by atoms with Crippen LogP contribution in [0.2, 0.25) is 0 Å². The monoisotopic (exact) mass is 332 g/mol. The highest BCUT2D eigenvalue weighted by Gasteiger charge is 2.14. The van der Waals surface area contributed by atoms with Crippen LogP contribution >= 0.6 is 0 Å². The van der Waals surface area contributed by atoms with Gasteiger partial charge in [0.1, 0.15) is 17.1 Å². The van der Waals surface area contributed by atoms with E-state index in [1.54, 1.807) is 30.9 Å². The van der Waals surface area contributed by atoms with Gasteiger partial charge in [0.05, 0.1) is 12.8 Å². The average molecular weight is 332 g/mol. The van der Waals surface area contributed by atoms with E-state index in [1.165, 1.54) is 5.56 Å². The number of aromatic nitrogens is 3. The molecule has 0 saturated heterocycles. The van der Waals surface area contributed by atoms with E-state index >= 15 is 0 Å². The zero-order valence-electron chi connectivity index (χ0n) is 13.6. The van der Waals surface area contributed by atoms with Gasteiger partial charge in [-0.2, -0.15) is 0 Å². The van der Waals surface area contributed by atoms with Crippen LogP contribution in [0.5, 0.6) is 0 Å². The molecule has 6 heteroatoms. The number of rotatable bonds is 4. The lowest BCUT2D eigenvalue weighted by Crippen LogP contribution is -2.22. The molecule has 0 aliphatic rings. The number of nitrogens with one attached hydrogen (secondary N) is 1. The van der Waals surface area contributed by atoms with Gasteiger partial charge in [-0.1, -0.05) is 29.8 Å². The maximum absolute atomic E-state index is 12.4. The van der Waals surface area contributed by atoms with Crippen molar-refractivity contribution >= 4 is 11.6 Å². The van der Waals surface area contributed by atoms with Crippen molar-refractivity contribution in [3.05, 3.63) is 78.3 Å². The summed E-state index contributed by atoms with van der Waals surface area (Å²) < 4.78 is 7.02. The maximum Gasteiger partial charge on any atom is 0.271 e. The molecule has 1 amide bonds. The topological polar surface area (TPSA) is 72.4 Å². The fraction of sp³-hybridized carbons (Fsp3) is 0.105. The smallest absolute Gasteiger partial charge is 0.271 e. The van der Waals surface area contributed by atoms with Gasteiger partial charge in [-0.05, 0) is 19.1 Å². The molecule has 124 valence electrons. The molecular formula is C19H16N4O2. The first-order chi connectivity index (χ1) is 12.2. The molecule has 0 saturated carbocycles. The fourth-order valence-electron chi connectivity index (χ4n) is 2.62. The van der Waals surface area contributed by atoms with E-state index < -0.39 is 0 Å². The number of carbonyl (C=O) groups is 1. The van der Waals surface area contributed by atoms with Crippen LogP contribution in [0, 0.1) is 6.92 Å². The van der Waals surface area contributed by atoms with Gasteiger partial charge in [0, 0.05) is 24.2 Å². The fourth-order valence-corrected chi connectivity index (χ4v) is 2.62. The number of furan rings is 1. The standard InChI is InChI=1S/C19H16N4O2/c1-13-4-6-14(7-5-13)17-18-22-16(12-23(18)9-8-20-17)19(24)21-11-15-3-2-10-25-15/h2-10,12H,11H2,1H3,(H,21,24). The van der Waals surface area contributed by atoms with E-state index in [0.29, 0.717) is 23.6 Å². The number of amides is 1. The lowest BCUT2D eigenvalue weighted by Gasteiger charge is -2.03. The Kier molecular flexibility index (Phi) is 3.78. The van der Waals surface area contributed by atoms with Crippen molar-refractivity contribution in [3.63, 3.8) is 0 Å². The Labute approximate surface area is 144 Å². The molecular weight excluding hydrogens is 316 g/mol. The Morgan fingerprint density at radius 3 is 2.84 bits per heavy atom. The molecule has 25 heavy (non-hydrogen) atoms. The van der Waals surface area contributed by atoms with Crippen molar-refractivity contribution in [2.75, 3.05) is 0 Å². The van der Waals surface area contributed by atoms with Gasteiger partial charge >= 0.3 is 0 Å². The summed E-state index contributed by atoms with van der Waals surface area (Å²) in [6.07, 6.45) is 6.76. The van der Waals surface area contributed by atoms with Gasteiger partial charge in [-0.25, -0.2) is 4.98 Å². The summed E-state index contributed by atoms with van der Waals surface area (Å²) in [5.74, 6) is 0.439. The number of aryl methyl sites for hydroxylation is 1. The van der Waals surface area contributed by atoms with Crippen molar-refractivity contribution in [2.24, 2.45) is 0 Å². The van der Waals surface area contributed by atoms with E-state index in [1.807, 2.05) is 41.7 Å². The van der Waals surface area contributed by atoms with Crippen molar-refractivity contribution < 1.29 is 9.21 Å². The summed E-state index contributed by atoms with van der Waals surface area (Å²) in [5.41, 5.74) is 3.87. The Hall–Kier alpha value is -3.41. The third kappa shape index (κ3) is 3.01. The molecule has 1 aromatic carbocycles. The van der Waals surface area contributed by atoms with Crippen molar-refractivity contribution in [2.45, 2.75) is 13.5 Å². The zero-order chi connectivity index (χ0) is 17.2. The third-order valence-corrected chi connectivity index (χ3v) is 3.94. The second-order valence-corrected chi connectivity index (χ2v) is 5.76. The summed E-state index contributed by atoms with van der Waals surface area (Å²) in [5, 5.41) is 2.80. The molecule has 0 aliphatic heterocycles. The molecule has 6 nitrogen and oxygen atoms in total. The van der Waals surface area contributed by atoms with Crippen LogP contribution in [-0.4, -0.2) is 20.3 Å². The summed E-state index contributed by atoms with van der Waals surface area (Å²) >= 11 is 0. The van der Waals surface area contributed by atoms with Crippen LogP contribution in [0.15, 0.2) is 65.7 Å². The van der Waals surface area contributed by atoms with Crippen LogP contribution in [0.3, 0.4) is 0 Å². The molecule has 0 atom stereocenters. The molecule has 0 fully saturated rings. The van der Waals surface area contributed by atoms with E-state index in [-0.39, 0.29) is 5.91 Å². The van der Waals surface area contributed by atoms with Gasteiger partial charge < -0.3 is 14.1 Å². The van der Waals surface area contributed by atoms with Crippen LogP contribution in [0.4, 0.5) is 0 Å². The predicted octanol–water partition coefficient (Wildman–Crippen LogP) is 3.23. The first-order valence-corrected chi connectivity index (χ1v) is 7.92. The number of fused-ring (bicyclic) bond motifs is 1. The largest absolute Gasteiger partial charge is 0.467 e. The van der Waals surface area contributed by atoms with Crippen LogP contribution in [0.25, 0.3) is 16.9 Å². The van der Waals surface area contributed by atoms with Gasteiger partial charge in [0.2, 0.25) is 0 Å². The number of hydrogen-bond acceptors (Lipinski definition) is 4. The summed E-state index contributed by atoms with van der Waals surface area (Å²) in [4.78, 5) is 21.3. The summed E-state index contributed by atoms with van der Waals surface area (Å²) in [6.45, 7) is 2.36. The molecule has 3 heterocycles. The minimum Gasteiger partial charge on any atom is -0.467 e. The number of carbonyl (C=O) groups excluding carboxylic acids is 1. The molecule has 4 rings (SSSR count). The Morgan fingerprint density at radius 1 is 1.24 bits per heavy atom. The number of nitrogens with zero attached hydrogens (tertiary/aromatic N) is 3. The summed E-state index contributed by atoms with van der Waals surface area (Å²) in [6, 6.07) is 11.7. The minimum absolute atomic E-state index is 0.255. The van der Waals surface area contributed by atoms with Gasteiger partial charge in [-0.15, -0.1) is 0 Å². The molecule has 4 aromatic rings. The molecule has 0 radical (unpaired) electrons. The Morgan fingerprint density at radius 2 is 2.08 bits per heavy atom. The lowest BCUT2D eigenvalue weighted by molar-refractivity contribution is 0.0943. The normalized spacial score (nSPS) is 10.9. The Bertz CT molecular complexity index is 1020. The first kappa shape index (κ1) is 15.1. The Balaban J connectivity index is 1.64. The molecule has 0 spiro atoms. The summed E-state index contributed by atoms with van der Waals surface area (Å²) in [7, 11) is 0. The van der Waals surface area contributed by atoms with Gasteiger partial charge in [0.25, 0.3) is 5.91 Å². The van der Waals surface area contributed by atoms with Gasteiger partial charge in [0.15, 0.2) is 5.65 Å². The van der Waals surface area contributed by atoms with Crippen molar-refractivity contribution in [1.82, 2.24) is 19.7 Å². The van der Waals surface area contributed by atoms with Crippen molar-refractivity contribution in [3.8, 4) is 11.3 Å². The number of hydrogen-bond donors (Lipinski definition) is 1. The van der Waals surface area contributed by atoms with Crippen molar-refractivity contribution in [1.29, 1.82) is 0 Å². The zero-order valence-corrected chi connectivity index (χ0v) is 13.6. The highest BCUT2D eigenvalue weighted by molar-refractivity contribution is 5.93. The number of benzene rings is 1. The molecule has 0 bridgehead atoms. The van der Waals surface area contributed by atoms with E-state index in [0.717, 1.165) is 11.3 Å². The lowest BCUT2D eigenvalue weighted by atomic mass is 10.1. The molecule has 3 aromatic heterocycles. The maximum atomic E-state index is 12.4. The van der Waals surface area contributed by atoms with Crippen LogP contribution in [-0.2, 0) is 6.54 Å². The highest BCUT2D eigenvalue weighted by Crippen LogP contribution is 2.22. The van der Waals surface area contributed by atoms with Crippen LogP contribution < -0.4 is 5.32 Å². The highest BCUT2D eigenvalue weighted by atomic mass is 16.3. The molecule has 0 aliphatic carbocycles. The van der Waals surface area contributed by atoms with E-state index in [4.69, 9.17) is 4.42 Å².